The van der Waals surface area contributed by atoms with Gasteiger partial charge in [-0.25, -0.2) is 14.3 Å². The molecule has 0 unspecified atom stereocenters. The fourth-order valence-corrected chi connectivity index (χ4v) is 2.22. The van der Waals surface area contributed by atoms with Crippen LogP contribution in [-0.4, -0.2) is 39.3 Å². The Morgan fingerprint density at radius 1 is 1.25 bits per heavy atom. The van der Waals surface area contributed by atoms with Crippen LogP contribution in [-0.2, 0) is 15.5 Å². The quantitative estimate of drug-likeness (QED) is 0.469. The number of halogens is 5. The van der Waals surface area contributed by atoms with Gasteiger partial charge in [-0.05, 0) is 26.8 Å². The third kappa shape index (κ3) is 4.26. The van der Waals surface area contributed by atoms with Crippen molar-refractivity contribution in [3.8, 4) is 0 Å². The summed E-state index contributed by atoms with van der Waals surface area (Å²) < 4.78 is 70.9. The van der Waals surface area contributed by atoms with E-state index in [-0.39, 0.29) is 28.2 Å². The van der Waals surface area contributed by atoms with Crippen LogP contribution < -0.4 is 5.32 Å². The number of hydrogen-bond donors (Lipinski definition) is 1. The average molecular weight is 406 g/mol. The maximum Gasteiger partial charge on any atom is 0.459 e. The molecule has 0 aliphatic carbocycles. The van der Waals surface area contributed by atoms with E-state index in [9.17, 15) is 31.5 Å². The monoisotopic (exact) mass is 406 g/mol. The first-order valence-corrected chi connectivity index (χ1v) is 7.85. The summed E-state index contributed by atoms with van der Waals surface area (Å²) in [4.78, 5) is 27.3. The Hall–Kier alpha value is -3.05. The highest BCUT2D eigenvalue weighted by Crippen LogP contribution is 2.43. The van der Waals surface area contributed by atoms with Gasteiger partial charge in [0.25, 0.3) is 5.91 Å². The maximum absolute atomic E-state index is 13.8. The van der Waals surface area contributed by atoms with E-state index in [0.29, 0.717) is 6.07 Å². The third-order valence-electron chi connectivity index (χ3n) is 3.40. The number of esters is 1. The van der Waals surface area contributed by atoms with Crippen molar-refractivity contribution < 1.29 is 36.3 Å². The van der Waals surface area contributed by atoms with E-state index in [0.717, 1.165) is 12.1 Å². The summed E-state index contributed by atoms with van der Waals surface area (Å²) in [5.41, 5.74) is -2.35. The Labute approximate surface area is 155 Å². The summed E-state index contributed by atoms with van der Waals surface area (Å²) in [5.74, 6) is -6.86. The topological polar surface area (TPSA) is 85.6 Å². The average Bonchev–Trinajstić information content (AvgIpc) is 2.96. The Morgan fingerprint density at radius 3 is 2.46 bits per heavy atom. The molecule has 0 bridgehead atoms. The molecule has 7 nitrogen and oxygen atoms in total. The van der Waals surface area contributed by atoms with Gasteiger partial charge in [-0.2, -0.15) is 27.1 Å². The molecule has 2 aromatic heterocycles. The van der Waals surface area contributed by atoms with E-state index in [2.05, 4.69) is 20.1 Å². The highest BCUT2D eigenvalue weighted by molar-refractivity contribution is 5.95. The normalized spacial score (nSPS) is 12.9. The minimum atomic E-state index is -5.86. The second-order valence-electron chi connectivity index (χ2n) is 5.69. The fourth-order valence-electron chi connectivity index (χ4n) is 2.22. The van der Waals surface area contributed by atoms with Crippen LogP contribution in [0.25, 0.3) is 5.65 Å². The Balaban J connectivity index is 2.43. The number of ether oxygens (including phenoxy) is 1. The van der Waals surface area contributed by atoms with Crippen molar-refractivity contribution in [2.24, 2.45) is 0 Å². The van der Waals surface area contributed by atoms with Gasteiger partial charge in [-0.1, -0.05) is 0 Å². The number of carbonyl (C=O) groups excluding carboxylic acids is 2. The lowest BCUT2D eigenvalue weighted by Gasteiger charge is -2.20. The summed E-state index contributed by atoms with van der Waals surface area (Å²) in [6.45, 7) is 4.29. The van der Waals surface area contributed by atoms with Crippen LogP contribution in [0.4, 0.5) is 22.0 Å². The SMILES string of the molecule is CCOC(=O)/C=C(\C)NC(=O)c1cc2nc(C)cc(C(F)(F)C(F)(F)F)n2n1. The first-order chi connectivity index (χ1) is 12.9. The molecular weight excluding hydrogens is 391 g/mol. The zero-order valence-corrected chi connectivity index (χ0v) is 14.9. The van der Waals surface area contributed by atoms with Crippen LogP contribution in [0.15, 0.2) is 23.9 Å². The lowest BCUT2D eigenvalue weighted by atomic mass is 10.2. The molecule has 0 saturated heterocycles. The van der Waals surface area contributed by atoms with Crippen LogP contribution >= 0.6 is 0 Å². The van der Waals surface area contributed by atoms with Crippen molar-refractivity contribution in [3.63, 3.8) is 0 Å². The van der Waals surface area contributed by atoms with Crippen LogP contribution in [0, 0.1) is 6.92 Å². The third-order valence-corrected chi connectivity index (χ3v) is 3.40. The van der Waals surface area contributed by atoms with Gasteiger partial charge in [0.15, 0.2) is 11.3 Å². The minimum Gasteiger partial charge on any atom is -0.463 e. The Kier molecular flexibility index (Phi) is 5.71. The predicted octanol–water partition coefficient (Wildman–Crippen LogP) is 2.89. The number of aromatic nitrogens is 3. The summed E-state index contributed by atoms with van der Waals surface area (Å²) in [5, 5.41) is 5.78. The van der Waals surface area contributed by atoms with Gasteiger partial charge in [0.1, 0.15) is 5.69 Å². The predicted molar refractivity (Wildman–Crippen MR) is 85.5 cm³/mol. The van der Waals surface area contributed by atoms with Crippen molar-refractivity contribution in [1.82, 2.24) is 19.9 Å². The molecule has 0 saturated carbocycles. The number of aryl methyl sites for hydroxylation is 1. The van der Waals surface area contributed by atoms with Crippen molar-refractivity contribution >= 4 is 17.5 Å². The summed E-state index contributed by atoms with van der Waals surface area (Å²) in [6.07, 6.45) is -4.89. The molecule has 28 heavy (non-hydrogen) atoms. The maximum atomic E-state index is 13.8. The van der Waals surface area contributed by atoms with Crippen molar-refractivity contribution in [2.75, 3.05) is 6.61 Å². The van der Waals surface area contributed by atoms with Gasteiger partial charge in [0.2, 0.25) is 0 Å². The van der Waals surface area contributed by atoms with E-state index in [1.165, 1.54) is 13.8 Å². The summed E-state index contributed by atoms with van der Waals surface area (Å²) in [7, 11) is 0. The number of hydrogen-bond acceptors (Lipinski definition) is 5. The van der Waals surface area contributed by atoms with Crippen LogP contribution in [0.3, 0.4) is 0 Å². The molecule has 2 aromatic rings. The van der Waals surface area contributed by atoms with E-state index < -0.39 is 35.4 Å². The molecule has 2 rings (SSSR count). The van der Waals surface area contributed by atoms with E-state index in [1.54, 1.807) is 6.92 Å². The first kappa shape index (κ1) is 21.3. The first-order valence-electron chi connectivity index (χ1n) is 7.85. The van der Waals surface area contributed by atoms with Crippen LogP contribution in [0.2, 0.25) is 0 Å². The highest BCUT2D eigenvalue weighted by atomic mass is 19.4. The van der Waals surface area contributed by atoms with Gasteiger partial charge in [0, 0.05) is 23.5 Å². The van der Waals surface area contributed by atoms with E-state index >= 15 is 0 Å². The molecule has 2 heterocycles. The molecule has 0 fully saturated rings. The van der Waals surface area contributed by atoms with Crippen LogP contribution in [0.5, 0.6) is 0 Å². The number of carbonyl (C=O) groups is 2. The molecule has 12 heteroatoms. The molecule has 0 spiro atoms. The number of alkyl halides is 5. The summed E-state index contributed by atoms with van der Waals surface area (Å²) in [6, 6.07) is 1.50. The smallest absolute Gasteiger partial charge is 0.459 e. The largest absolute Gasteiger partial charge is 0.463 e. The molecule has 0 aromatic carbocycles. The van der Waals surface area contributed by atoms with Gasteiger partial charge in [0.05, 0.1) is 6.61 Å². The molecule has 0 aliphatic heterocycles. The number of rotatable bonds is 5. The van der Waals surface area contributed by atoms with Gasteiger partial charge < -0.3 is 10.1 Å². The van der Waals surface area contributed by atoms with Gasteiger partial charge in [-0.15, -0.1) is 0 Å². The molecule has 1 N–H and O–H groups in total. The van der Waals surface area contributed by atoms with Crippen molar-refractivity contribution in [3.05, 3.63) is 41.0 Å². The zero-order valence-electron chi connectivity index (χ0n) is 14.9. The number of fused-ring (bicyclic) bond motifs is 1. The van der Waals surface area contributed by atoms with Gasteiger partial charge in [-0.3, -0.25) is 4.79 Å². The molecule has 0 radical (unpaired) electrons. The number of nitrogens with one attached hydrogen (secondary N) is 1. The van der Waals surface area contributed by atoms with E-state index in [1.807, 2.05) is 0 Å². The zero-order chi connectivity index (χ0) is 21.3. The Morgan fingerprint density at radius 2 is 1.89 bits per heavy atom. The lowest BCUT2D eigenvalue weighted by Crippen LogP contribution is -2.36. The fraction of sp³-hybridized carbons (Fsp3) is 0.375. The Bertz CT molecular complexity index is 950. The standard InChI is InChI=1S/C16H15F5N4O3/c1-4-28-13(26)6-9(3)23-14(27)10-7-12-22-8(2)5-11(25(12)24-10)15(17,18)16(19,20)21/h5-7H,4H2,1-3H3,(H,23,27)/b9-6+. The molecule has 1 amide bonds. The van der Waals surface area contributed by atoms with Gasteiger partial charge >= 0.3 is 18.1 Å². The second kappa shape index (κ2) is 7.52. The highest BCUT2D eigenvalue weighted by Gasteiger charge is 2.60. The molecule has 0 atom stereocenters. The number of nitrogens with zero attached hydrogens (tertiary/aromatic N) is 3. The minimum absolute atomic E-state index is 0.0606. The number of allylic oxidation sites excluding steroid dienone is 1. The van der Waals surface area contributed by atoms with Crippen LogP contribution in [0.1, 0.15) is 35.7 Å². The number of amides is 1. The molecular formula is C16H15F5N4O3. The van der Waals surface area contributed by atoms with Crippen molar-refractivity contribution in [1.29, 1.82) is 0 Å². The van der Waals surface area contributed by atoms with Crippen molar-refractivity contribution in [2.45, 2.75) is 32.9 Å². The summed E-state index contributed by atoms with van der Waals surface area (Å²) >= 11 is 0. The van der Waals surface area contributed by atoms with E-state index in [4.69, 9.17) is 0 Å². The molecule has 152 valence electrons. The molecule has 0 aliphatic rings. The lowest BCUT2D eigenvalue weighted by molar-refractivity contribution is -0.291. The second-order valence-corrected chi connectivity index (χ2v) is 5.69.